The van der Waals surface area contributed by atoms with Crippen LogP contribution in [0.25, 0.3) is 82.5 Å². The Morgan fingerprint density at radius 3 is 0.843 bits per heavy atom. The molecular formula is C96H100N5P. The minimum atomic E-state index is -3.83. The molecule has 0 unspecified atom stereocenters. The number of para-hydroxylation sites is 2. The molecule has 0 N–H and O–H groups in total. The third kappa shape index (κ3) is 9.64. The van der Waals surface area contributed by atoms with Gasteiger partial charge >= 0.3 is 609 Å². The summed E-state index contributed by atoms with van der Waals surface area (Å²) in [5, 5.41) is 12.0. The molecule has 1 spiro atoms. The molecule has 17 rings (SSSR count). The number of hydrogen-bond acceptors (Lipinski definition) is 2. The summed E-state index contributed by atoms with van der Waals surface area (Å²) >= 11 is 0. The van der Waals surface area contributed by atoms with E-state index in [0.29, 0.717) is 0 Å². The van der Waals surface area contributed by atoms with Crippen molar-refractivity contribution in [3.05, 3.63) is 263 Å². The Balaban J connectivity index is 1.07. The molecule has 14 aromatic rings. The first-order valence-electron chi connectivity index (χ1n) is 37.2. The standard InChI is InChI=1S/C96H100N5P/c1-59-57-102(58-60(59)2)88-45-37-69(99-80-49-63(93(9,10)11)31-39-72(80)73-40-32-64(50-81(73)99)94(12,13)14)53-84(88)97(67-27-23-21-24-28-67)86-55-71(101-78-43-35-61(91(3,4)5)47-76(78)77-48-62(92(6,7)8)36-44-79(77)101)56-87(90(86)102)98(68-29-25-22-26-30-68)85-54-70(38-46-89(85)102)100-82-51-65(95(15,16)17)33-41-74(82)75-42-34-66(52-83(75)100)96(18,19)20/h21-56H,57-58H2,1-20H3. The van der Waals surface area contributed by atoms with Gasteiger partial charge in [-0.1, -0.05) is 0 Å². The van der Waals surface area contributed by atoms with E-state index in [1.54, 1.807) is 0 Å². The van der Waals surface area contributed by atoms with Crippen molar-refractivity contribution in [2.24, 2.45) is 0 Å². The van der Waals surface area contributed by atoms with E-state index in [-0.39, 0.29) is 32.5 Å². The van der Waals surface area contributed by atoms with E-state index in [1.165, 1.54) is 149 Å². The van der Waals surface area contributed by atoms with Gasteiger partial charge in [0.25, 0.3) is 0 Å². The van der Waals surface area contributed by atoms with Crippen molar-refractivity contribution in [2.75, 3.05) is 22.1 Å². The predicted molar refractivity (Wildman–Crippen MR) is 445 cm³/mol. The predicted octanol–water partition coefficient (Wildman–Crippen LogP) is 25.5. The third-order valence-electron chi connectivity index (χ3n) is 23.8. The summed E-state index contributed by atoms with van der Waals surface area (Å²) in [7, 11) is 0. The fourth-order valence-corrected chi connectivity index (χ4v) is 26.3. The van der Waals surface area contributed by atoms with Gasteiger partial charge in [-0.3, -0.25) is 0 Å². The zero-order valence-corrected chi connectivity index (χ0v) is 64.8. The van der Waals surface area contributed by atoms with Crippen LogP contribution in [0.2, 0.25) is 0 Å². The SMILES string of the molecule is CC1=C(C)CP23(C1)c1ccc(-n4c5cc(C(C)(C)C)ccc5c5ccc(C(C)(C)C)cc54)cc1N(c1ccccc1)c1cc(-n4c5ccc(C(C)(C)C)cc5c5cc(C(C)(C)C)ccc54)cc(c12)N(c1ccccc1)c1cc(-n2c4cc(C(C)(C)C)ccc4c4ccc(C(C)(C)C)cc42)ccc13. The van der Waals surface area contributed by atoms with Gasteiger partial charge in [-0.2, -0.15) is 0 Å². The number of anilines is 6. The number of rotatable bonds is 5. The summed E-state index contributed by atoms with van der Waals surface area (Å²) in [6.07, 6.45) is 1.86. The molecule has 0 radical (unpaired) electrons. The van der Waals surface area contributed by atoms with Gasteiger partial charge in [0.2, 0.25) is 0 Å². The van der Waals surface area contributed by atoms with E-state index in [9.17, 15) is 0 Å². The molecule has 3 aromatic heterocycles. The first kappa shape index (κ1) is 65.9. The number of aromatic nitrogens is 3. The summed E-state index contributed by atoms with van der Waals surface area (Å²) in [5.74, 6) is 0. The summed E-state index contributed by atoms with van der Waals surface area (Å²) < 4.78 is 7.88. The average molecular weight is 1350 g/mol. The molecule has 0 amide bonds. The van der Waals surface area contributed by atoms with E-state index >= 15 is 0 Å². The molecule has 3 aliphatic rings. The average Bonchev–Trinajstić information content (AvgIpc) is 1.18. The van der Waals surface area contributed by atoms with Gasteiger partial charge in [0, 0.05) is 0 Å². The van der Waals surface area contributed by atoms with Crippen molar-refractivity contribution in [3.8, 4) is 17.1 Å². The number of hydrogen-bond donors (Lipinski definition) is 0. The summed E-state index contributed by atoms with van der Waals surface area (Å²) in [4.78, 5) is 5.42. The second kappa shape index (κ2) is 21.8. The summed E-state index contributed by atoms with van der Waals surface area (Å²) in [5.41, 5.74) is 28.5. The van der Waals surface area contributed by atoms with Crippen molar-refractivity contribution in [3.63, 3.8) is 0 Å². The van der Waals surface area contributed by atoms with Crippen LogP contribution in [0.4, 0.5) is 34.1 Å². The first-order chi connectivity index (χ1) is 48.1. The zero-order valence-electron chi connectivity index (χ0n) is 63.9. The molecule has 0 bridgehead atoms. The van der Waals surface area contributed by atoms with Crippen LogP contribution in [0.5, 0.6) is 0 Å². The van der Waals surface area contributed by atoms with E-state index in [1.807, 2.05) is 0 Å². The quantitative estimate of drug-likeness (QED) is 0.127. The van der Waals surface area contributed by atoms with Gasteiger partial charge in [0.05, 0.1) is 0 Å². The van der Waals surface area contributed by atoms with Crippen LogP contribution in [0.3, 0.4) is 0 Å². The minimum absolute atomic E-state index is 0.0599. The van der Waals surface area contributed by atoms with Crippen LogP contribution < -0.4 is 25.7 Å². The van der Waals surface area contributed by atoms with Crippen LogP contribution in [-0.4, -0.2) is 26.0 Å². The monoisotopic (exact) mass is 1350 g/mol. The zero-order chi connectivity index (χ0) is 71.7. The van der Waals surface area contributed by atoms with Gasteiger partial charge in [0.1, 0.15) is 0 Å². The molecule has 6 heteroatoms. The maximum atomic E-state index is 2.71. The van der Waals surface area contributed by atoms with Gasteiger partial charge in [0.15, 0.2) is 0 Å². The number of fused-ring (bicyclic) bond motifs is 11. The topological polar surface area (TPSA) is 21.3 Å². The van der Waals surface area contributed by atoms with Crippen LogP contribution in [0.1, 0.15) is 172 Å². The van der Waals surface area contributed by atoms with Crippen LogP contribution >= 0.6 is 6.60 Å². The second-order valence-corrected chi connectivity index (χ2v) is 41.9. The Labute approximate surface area is 605 Å². The van der Waals surface area contributed by atoms with E-state index < -0.39 is 6.60 Å². The molecule has 0 atom stereocenters. The van der Waals surface area contributed by atoms with Gasteiger partial charge in [-0.15, -0.1) is 0 Å². The maximum absolute atomic E-state index is 3.83. The molecule has 0 saturated heterocycles. The molecule has 514 valence electrons. The molecule has 3 aliphatic heterocycles. The molecule has 0 aliphatic carbocycles. The molecule has 0 fully saturated rings. The van der Waals surface area contributed by atoms with Gasteiger partial charge in [-0.25, -0.2) is 0 Å². The molecule has 6 heterocycles. The Morgan fingerprint density at radius 2 is 0.529 bits per heavy atom. The van der Waals surface area contributed by atoms with Crippen LogP contribution in [0.15, 0.2) is 230 Å². The third-order valence-corrected chi connectivity index (χ3v) is 30.8. The molecule has 5 nitrogen and oxygen atoms in total. The van der Waals surface area contributed by atoms with Crippen molar-refractivity contribution < 1.29 is 0 Å². The fraction of sp³-hybridized carbons (Fsp3) is 0.292. The van der Waals surface area contributed by atoms with E-state index in [4.69, 9.17) is 0 Å². The fourth-order valence-electron chi connectivity index (χ4n) is 18.1. The molecule has 102 heavy (non-hydrogen) atoms. The Kier molecular flexibility index (Phi) is 14.1. The summed E-state index contributed by atoms with van der Waals surface area (Å²) in [6, 6.07) is 87.4. The van der Waals surface area contributed by atoms with E-state index in [0.717, 1.165) is 40.8 Å². The first-order valence-corrected chi connectivity index (χ1v) is 39.9. The Morgan fingerprint density at radius 1 is 0.245 bits per heavy atom. The normalized spacial score (nSPS) is 15.9. The van der Waals surface area contributed by atoms with Gasteiger partial charge in [-0.05, 0) is 0 Å². The van der Waals surface area contributed by atoms with Gasteiger partial charge < -0.3 is 0 Å². The van der Waals surface area contributed by atoms with Crippen molar-refractivity contribution in [1.82, 2.24) is 13.7 Å². The van der Waals surface area contributed by atoms with Crippen molar-refractivity contribution >= 4 is 122 Å². The molecular weight excluding hydrogens is 1250 g/mol. The summed E-state index contributed by atoms with van der Waals surface area (Å²) in [6.45, 7) is 43.4. The number of nitrogens with zero attached hydrogens (tertiary/aromatic N) is 5. The Bertz CT molecular complexity index is 5420. The number of benzene rings is 11. The van der Waals surface area contributed by atoms with Crippen molar-refractivity contribution in [2.45, 2.75) is 171 Å². The van der Waals surface area contributed by atoms with Crippen LogP contribution in [0, 0.1) is 0 Å². The second-order valence-electron chi connectivity index (χ2n) is 36.8. The number of allylic oxidation sites excluding steroid dienone is 2. The van der Waals surface area contributed by atoms with Crippen molar-refractivity contribution in [1.29, 1.82) is 0 Å². The van der Waals surface area contributed by atoms with Crippen LogP contribution in [-0.2, 0) is 32.5 Å². The van der Waals surface area contributed by atoms with E-state index in [2.05, 4.69) is 380 Å². The molecule has 11 aromatic carbocycles. The Hall–Kier alpha value is -9.41. The molecule has 0 saturated carbocycles.